The quantitative estimate of drug-likeness (QED) is 0.586. The van der Waals surface area contributed by atoms with Crippen molar-refractivity contribution in [2.45, 2.75) is 12.3 Å². The first-order valence-corrected chi connectivity index (χ1v) is 9.68. The molecule has 1 aliphatic rings. The number of nitrogens with two attached hydrogens (primary N) is 1. The van der Waals surface area contributed by atoms with Crippen LogP contribution in [0.2, 0.25) is 5.02 Å². The Morgan fingerprint density at radius 1 is 1.03 bits per heavy atom. The Labute approximate surface area is 174 Å². The van der Waals surface area contributed by atoms with Crippen molar-refractivity contribution in [1.29, 1.82) is 0 Å². The molecule has 1 heterocycles. The molecule has 148 valence electrons. The van der Waals surface area contributed by atoms with Gasteiger partial charge in [0.25, 0.3) is 0 Å². The normalized spacial score (nSPS) is 16.1. The number of ether oxygens (including phenoxy) is 2. The third-order valence-electron chi connectivity index (χ3n) is 4.99. The zero-order chi connectivity index (χ0) is 20.4. The van der Waals surface area contributed by atoms with E-state index in [2.05, 4.69) is 0 Å². The Hall–Kier alpha value is -3.18. The summed E-state index contributed by atoms with van der Waals surface area (Å²) in [5, 5.41) is 0.594. The van der Waals surface area contributed by atoms with Crippen LogP contribution in [0.4, 0.5) is 11.4 Å². The number of rotatable bonds is 5. The molecular formula is C23H21ClN2O3. The fraction of sp³-hybridized carbons (Fsp3) is 0.174. The molecule has 1 aliphatic heterocycles. The Kier molecular flexibility index (Phi) is 5.32. The first kappa shape index (κ1) is 19.2. The monoisotopic (exact) mass is 408 g/mol. The van der Waals surface area contributed by atoms with Gasteiger partial charge in [-0.05, 0) is 54.1 Å². The van der Waals surface area contributed by atoms with Gasteiger partial charge in [-0.15, -0.1) is 0 Å². The molecule has 1 saturated heterocycles. The number of hydrogen-bond donors (Lipinski definition) is 1. The summed E-state index contributed by atoms with van der Waals surface area (Å²) >= 11 is 6.06. The summed E-state index contributed by atoms with van der Waals surface area (Å²) in [6.07, 6.45) is 0.428. The van der Waals surface area contributed by atoms with E-state index < -0.39 is 0 Å². The Balaban J connectivity index is 1.59. The standard InChI is InChI=1S/C23H21ClN2O3/c1-28-21-9-8-15(10-22(21)29-20-7-2-4-17(24)12-20)16-11-23(27)26(14-16)19-6-3-5-18(25)13-19/h2-10,12-13,16H,11,14,25H2,1H3. The van der Waals surface area contributed by atoms with Gasteiger partial charge in [-0.3, -0.25) is 4.79 Å². The second-order valence-corrected chi connectivity index (χ2v) is 7.41. The van der Waals surface area contributed by atoms with Crippen LogP contribution in [0.5, 0.6) is 17.2 Å². The zero-order valence-corrected chi connectivity index (χ0v) is 16.7. The van der Waals surface area contributed by atoms with Crippen molar-refractivity contribution >= 4 is 28.9 Å². The SMILES string of the molecule is COc1ccc(C2CC(=O)N(c3cccc(N)c3)C2)cc1Oc1cccc(Cl)c1. The fourth-order valence-corrected chi connectivity index (χ4v) is 3.74. The minimum Gasteiger partial charge on any atom is -0.493 e. The number of nitrogen functional groups attached to an aromatic ring is 1. The van der Waals surface area contributed by atoms with Gasteiger partial charge in [0, 0.05) is 35.3 Å². The van der Waals surface area contributed by atoms with E-state index in [0.29, 0.717) is 40.9 Å². The maximum Gasteiger partial charge on any atom is 0.227 e. The van der Waals surface area contributed by atoms with Gasteiger partial charge in [0.05, 0.1) is 7.11 Å². The van der Waals surface area contributed by atoms with Gasteiger partial charge in [-0.2, -0.15) is 0 Å². The van der Waals surface area contributed by atoms with Gasteiger partial charge in [-0.25, -0.2) is 0 Å². The van der Waals surface area contributed by atoms with Crippen LogP contribution in [0.25, 0.3) is 0 Å². The minimum absolute atomic E-state index is 0.0524. The smallest absolute Gasteiger partial charge is 0.227 e. The van der Waals surface area contributed by atoms with Crippen molar-refractivity contribution in [2.75, 3.05) is 24.3 Å². The largest absolute Gasteiger partial charge is 0.493 e. The van der Waals surface area contributed by atoms with Crippen molar-refractivity contribution in [3.8, 4) is 17.2 Å². The number of carbonyl (C=O) groups is 1. The summed E-state index contributed by atoms with van der Waals surface area (Å²) in [4.78, 5) is 14.4. The number of nitrogens with zero attached hydrogens (tertiary/aromatic N) is 1. The summed E-state index contributed by atoms with van der Waals surface area (Å²) in [6.45, 7) is 0.589. The van der Waals surface area contributed by atoms with E-state index in [1.54, 1.807) is 24.1 Å². The second-order valence-electron chi connectivity index (χ2n) is 6.97. The fourth-order valence-electron chi connectivity index (χ4n) is 3.56. The molecule has 3 aromatic rings. The molecule has 0 bridgehead atoms. The number of benzene rings is 3. The lowest BCUT2D eigenvalue weighted by Crippen LogP contribution is -2.24. The lowest BCUT2D eigenvalue weighted by Gasteiger charge is -2.18. The number of halogens is 1. The zero-order valence-electron chi connectivity index (χ0n) is 16.0. The number of anilines is 2. The number of methoxy groups -OCH3 is 1. The molecule has 3 aromatic carbocycles. The van der Waals surface area contributed by atoms with Crippen LogP contribution < -0.4 is 20.1 Å². The second kappa shape index (κ2) is 8.05. The number of amides is 1. The van der Waals surface area contributed by atoms with E-state index in [9.17, 15) is 4.79 Å². The molecular weight excluding hydrogens is 388 g/mol. The molecule has 0 radical (unpaired) electrons. The first-order valence-electron chi connectivity index (χ1n) is 9.31. The van der Waals surface area contributed by atoms with E-state index in [1.807, 2.05) is 54.6 Å². The predicted octanol–water partition coefficient (Wildman–Crippen LogP) is 5.24. The van der Waals surface area contributed by atoms with Crippen LogP contribution >= 0.6 is 11.6 Å². The molecule has 29 heavy (non-hydrogen) atoms. The Morgan fingerprint density at radius 3 is 2.62 bits per heavy atom. The molecule has 0 spiro atoms. The Morgan fingerprint density at radius 2 is 1.86 bits per heavy atom. The Bertz CT molecular complexity index is 1050. The highest BCUT2D eigenvalue weighted by Gasteiger charge is 2.32. The van der Waals surface area contributed by atoms with Crippen molar-refractivity contribution in [2.24, 2.45) is 0 Å². The molecule has 1 amide bonds. The van der Waals surface area contributed by atoms with Crippen LogP contribution in [-0.2, 0) is 4.79 Å². The average Bonchev–Trinajstić information content (AvgIpc) is 3.10. The molecule has 0 aromatic heterocycles. The molecule has 2 N–H and O–H groups in total. The summed E-state index contributed by atoms with van der Waals surface area (Å²) < 4.78 is 11.5. The summed E-state index contributed by atoms with van der Waals surface area (Å²) in [5.74, 6) is 1.95. The van der Waals surface area contributed by atoms with Crippen LogP contribution in [0.3, 0.4) is 0 Å². The highest BCUT2D eigenvalue weighted by molar-refractivity contribution is 6.30. The molecule has 6 heteroatoms. The molecule has 1 unspecified atom stereocenters. The molecule has 5 nitrogen and oxygen atoms in total. The van der Waals surface area contributed by atoms with Gasteiger partial charge in [0.2, 0.25) is 5.91 Å². The van der Waals surface area contributed by atoms with Crippen LogP contribution in [0.15, 0.2) is 66.7 Å². The minimum atomic E-state index is 0.0524. The molecule has 1 atom stereocenters. The third kappa shape index (κ3) is 4.15. The summed E-state index contributed by atoms with van der Waals surface area (Å²) in [5.41, 5.74) is 8.35. The van der Waals surface area contributed by atoms with Gasteiger partial charge in [0.1, 0.15) is 5.75 Å². The van der Waals surface area contributed by atoms with Crippen molar-refractivity contribution in [1.82, 2.24) is 0 Å². The molecule has 1 fully saturated rings. The molecule has 4 rings (SSSR count). The van der Waals surface area contributed by atoms with Crippen LogP contribution in [-0.4, -0.2) is 19.6 Å². The van der Waals surface area contributed by atoms with Crippen molar-refractivity contribution in [3.63, 3.8) is 0 Å². The van der Waals surface area contributed by atoms with E-state index in [0.717, 1.165) is 11.3 Å². The van der Waals surface area contributed by atoms with E-state index in [1.165, 1.54) is 0 Å². The average molecular weight is 409 g/mol. The predicted molar refractivity (Wildman–Crippen MR) is 115 cm³/mol. The molecule has 0 aliphatic carbocycles. The lowest BCUT2D eigenvalue weighted by atomic mass is 9.98. The maximum absolute atomic E-state index is 12.6. The van der Waals surface area contributed by atoms with Gasteiger partial charge in [0.15, 0.2) is 11.5 Å². The van der Waals surface area contributed by atoms with Crippen LogP contribution in [0, 0.1) is 0 Å². The number of hydrogen-bond acceptors (Lipinski definition) is 4. The topological polar surface area (TPSA) is 64.8 Å². The van der Waals surface area contributed by atoms with Gasteiger partial charge in [-0.1, -0.05) is 29.8 Å². The van der Waals surface area contributed by atoms with E-state index >= 15 is 0 Å². The van der Waals surface area contributed by atoms with Gasteiger partial charge < -0.3 is 20.1 Å². The van der Waals surface area contributed by atoms with E-state index in [-0.39, 0.29) is 11.8 Å². The molecule has 0 saturated carbocycles. The summed E-state index contributed by atoms with van der Waals surface area (Å²) in [7, 11) is 1.60. The van der Waals surface area contributed by atoms with Crippen LogP contribution in [0.1, 0.15) is 17.9 Å². The lowest BCUT2D eigenvalue weighted by molar-refractivity contribution is -0.117. The summed E-state index contributed by atoms with van der Waals surface area (Å²) in [6, 6.07) is 20.4. The van der Waals surface area contributed by atoms with E-state index in [4.69, 9.17) is 26.8 Å². The highest BCUT2D eigenvalue weighted by atomic mass is 35.5. The third-order valence-corrected chi connectivity index (χ3v) is 5.22. The highest BCUT2D eigenvalue weighted by Crippen LogP contribution is 2.38. The maximum atomic E-state index is 12.6. The van der Waals surface area contributed by atoms with Crippen molar-refractivity contribution < 1.29 is 14.3 Å². The van der Waals surface area contributed by atoms with Gasteiger partial charge >= 0.3 is 0 Å². The van der Waals surface area contributed by atoms with Crippen molar-refractivity contribution in [3.05, 3.63) is 77.3 Å². The first-order chi connectivity index (χ1) is 14.0. The number of carbonyl (C=O) groups excluding carboxylic acids is 1.